The molecule has 1 aromatic rings. The highest BCUT2D eigenvalue weighted by Gasteiger charge is 2.41. The van der Waals surface area contributed by atoms with Crippen molar-refractivity contribution in [2.45, 2.75) is 70.4 Å². The van der Waals surface area contributed by atoms with Crippen molar-refractivity contribution < 1.29 is 17.9 Å². The van der Waals surface area contributed by atoms with E-state index < -0.39 is 9.84 Å². The van der Waals surface area contributed by atoms with Gasteiger partial charge in [-0.1, -0.05) is 32.9 Å². The summed E-state index contributed by atoms with van der Waals surface area (Å²) in [4.78, 5) is 14.5. The van der Waals surface area contributed by atoms with Gasteiger partial charge in [-0.25, -0.2) is 8.42 Å². The summed E-state index contributed by atoms with van der Waals surface area (Å²) in [5, 5.41) is 0. The molecule has 1 heterocycles. The molecule has 0 radical (unpaired) electrons. The van der Waals surface area contributed by atoms with Crippen molar-refractivity contribution >= 4 is 15.7 Å². The lowest BCUT2D eigenvalue weighted by Gasteiger charge is -2.28. The molecule has 1 saturated heterocycles. The van der Waals surface area contributed by atoms with E-state index in [4.69, 9.17) is 4.74 Å². The summed E-state index contributed by atoms with van der Waals surface area (Å²) in [5.74, 6) is 1.23. The van der Waals surface area contributed by atoms with Gasteiger partial charge in [0.25, 0.3) is 0 Å². The average Bonchev–Trinajstić information content (AvgIpc) is 3.35. The molecule has 1 saturated carbocycles. The number of carbonyl (C=O) groups is 1. The van der Waals surface area contributed by atoms with Crippen LogP contribution in [0.2, 0.25) is 0 Å². The Morgan fingerprint density at radius 2 is 1.78 bits per heavy atom. The number of amides is 1. The molecular formula is C21H31NO4S. The molecule has 1 aliphatic heterocycles. The van der Waals surface area contributed by atoms with Crippen LogP contribution in [0.4, 0.5) is 0 Å². The molecule has 0 bridgehead atoms. The summed E-state index contributed by atoms with van der Waals surface area (Å²) in [5.41, 5.74) is 1.38. The zero-order chi connectivity index (χ0) is 19.7. The fourth-order valence-electron chi connectivity index (χ4n) is 3.65. The summed E-state index contributed by atoms with van der Waals surface area (Å²) < 4.78 is 29.3. The van der Waals surface area contributed by atoms with Gasteiger partial charge in [0, 0.05) is 18.5 Å². The summed E-state index contributed by atoms with van der Waals surface area (Å²) in [7, 11) is -2.97. The van der Waals surface area contributed by atoms with Gasteiger partial charge < -0.3 is 9.64 Å². The minimum absolute atomic E-state index is 0.0753. The Balaban J connectivity index is 1.46. The van der Waals surface area contributed by atoms with E-state index in [1.54, 1.807) is 0 Å². The van der Waals surface area contributed by atoms with Gasteiger partial charge in [-0.15, -0.1) is 0 Å². The number of hydrogen-bond donors (Lipinski definition) is 0. The highest BCUT2D eigenvalue weighted by Crippen LogP contribution is 2.33. The molecule has 0 aromatic heterocycles. The standard InChI is InChI=1S/C21H31NO4S/c1-21(2,3)16-6-10-19(11-7-16)26-13-4-5-20(23)22(17-8-9-17)18-12-14-27(24,25)15-18/h6-7,10-11,17-18H,4-5,8-9,12-15H2,1-3H3. The SMILES string of the molecule is CC(C)(C)c1ccc(OCCCC(=O)N(C2CC2)C2CCS(=O)(=O)C2)cc1. The van der Waals surface area contributed by atoms with E-state index >= 15 is 0 Å². The molecule has 2 fully saturated rings. The lowest BCUT2D eigenvalue weighted by molar-refractivity contribution is -0.134. The largest absolute Gasteiger partial charge is 0.494 e. The lowest BCUT2D eigenvalue weighted by atomic mass is 9.87. The fraction of sp³-hybridized carbons (Fsp3) is 0.667. The quantitative estimate of drug-likeness (QED) is 0.667. The number of benzene rings is 1. The van der Waals surface area contributed by atoms with Crippen LogP contribution in [0.5, 0.6) is 5.75 Å². The third-order valence-corrected chi connectivity index (χ3v) is 7.10. The van der Waals surface area contributed by atoms with Crippen LogP contribution in [0, 0.1) is 0 Å². The van der Waals surface area contributed by atoms with Gasteiger partial charge in [0.15, 0.2) is 9.84 Å². The highest BCUT2D eigenvalue weighted by atomic mass is 32.2. The number of nitrogens with zero attached hydrogens (tertiary/aromatic N) is 1. The van der Waals surface area contributed by atoms with Crippen molar-refractivity contribution in [1.29, 1.82) is 0 Å². The Bertz CT molecular complexity index is 760. The summed E-state index contributed by atoms with van der Waals surface area (Å²) in [6, 6.07) is 8.23. The molecule has 27 heavy (non-hydrogen) atoms. The third-order valence-electron chi connectivity index (χ3n) is 5.35. The summed E-state index contributed by atoms with van der Waals surface area (Å²) in [6.07, 6.45) is 3.63. The molecule has 1 atom stereocenters. The van der Waals surface area contributed by atoms with Gasteiger partial charge in [-0.2, -0.15) is 0 Å². The minimum atomic E-state index is -2.97. The zero-order valence-corrected chi connectivity index (χ0v) is 17.4. The molecule has 0 spiro atoms. The minimum Gasteiger partial charge on any atom is -0.494 e. The van der Waals surface area contributed by atoms with E-state index in [0.29, 0.717) is 25.9 Å². The predicted octanol–water partition coefficient (Wildman–Crippen LogP) is 3.32. The maximum atomic E-state index is 12.7. The number of sulfone groups is 1. The Morgan fingerprint density at radius 1 is 1.11 bits per heavy atom. The van der Waals surface area contributed by atoms with Crippen LogP contribution in [-0.4, -0.2) is 49.4 Å². The smallest absolute Gasteiger partial charge is 0.223 e. The molecule has 3 rings (SSSR count). The first-order chi connectivity index (χ1) is 12.7. The van der Waals surface area contributed by atoms with Crippen LogP contribution in [0.3, 0.4) is 0 Å². The summed E-state index contributed by atoms with van der Waals surface area (Å²) >= 11 is 0. The van der Waals surface area contributed by atoms with Crippen LogP contribution in [0.25, 0.3) is 0 Å². The van der Waals surface area contributed by atoms with Crippen LogP contribution in [0.1, 0.15) is 58.4 Å². The lowest BCUT2D eigenvalue weighted by Crippen LogP contribution is -2.42. The first-order valence-electron chi connectivity index (χ1n) is 9.91. The average molecular weight is 394 g/mol. The van der Waals surface area contributed by atoms with Crippen LogP contribution in [0.15, 0.2) is 24.3 Å². The number of rotatable bonds is 7. The molecule has 5 nitrogen and oxygen atoms in total. The van der Waals surface area contributed by atoms with E-state index in [0.717, 1.165) is 18.6 Å². The van der Waals surface area contributed by atoms with E-state index in [1.165, 1.54) is 5.56 Å². The number of ether oxygens (including phenoxy) is 1. The van der Waals surface area contributed by atoms with Crippen molar-refractivity contribution in [3.05, 3.63) is 29.8 Å². The number of hydrogen-bond acceptors (Lipinski definition) is 4. The first-order valence-corrected chi connectivity index (χ1v) is 11.7. The first kappa shape index (κ1) is 20.2. The summed E-state index contributed by atoms with van der Waals surface area (Å²) in [6.45, 7) is 7.02. The van der Waals surface area contributed by atoms with Crippen LogP contribution in [-0.2, 0) is 20.0 Å². The third kappa shape index (κ3) is 5.47. The Hall–Kier alpha value is -1.56. The molecule has 1 aromatic carbocycles. The maximum absolute atomic E-state index is 12.7. The maximum Gasteiger partial charge on any atom is 0.223 e. The zero-order valence-electron chi connectivity index (χ0n) is 16.6. The Kier molecular flexibility index (Phi) is 5.84. The molecular weight excluding hydrogens is 362 g/mol. The van der Waals surface area contributed by atoms with E-state index in [2.05, 4.69) is 32.9 Å². The van der Waals surface area contributed by atoms with Gasteiger partial charge in [-0.05, 0) is 48.8 Å². The second kappa shape index (κ2) is 7.82. The molecule has 150 valence electrons. The highest BCUT2D eigenvalue weighted by molar-refractivity contribution is 7.91. The number of carbonyl (C=O) groups excluding carboxylic acids is 1. The molecule has 0 N–H and O–H groups in total. The van der Waals surface area contributed by atoms with Gasteiger partial charge in [-0.3, -0.25) is 4.79 Å². The molecule has 1 amide bonds. The van der Waals surface area contributed by atoms with Crippen molar-refractivity contribution in [2.75, 3.05) is 18.1 Å². The van der Waals surface area contributed by atoms with Crippen LogP contribution < -0.4 is 4.74 Å². The second-order valence-electron chi connectivity index (χ2n) is 8.82. The van der Waals surface area contributed by atoms with Crippen molar-refractivity contribution in [2.24, 2.45) is 0 Å². The second-order valence-corrected chi connectivity index (χ2v) is 11.0. The topological polar surface area (TPSA) is 63.7 Å². The predicted molar refractivity (Wildman–Crippen MR) is 107 cm³/mol. The van der Waals surface area contributed by atoms with Crippen LogP contribution >= 0.6 is 0 Å². The molecule has 2 aliphatic rings. The van der Waals surface area contributed by atoms with Crippen molar-refractivity contribution in [3.8, 4) is 5.75 Å². The normalized spacial score (nSPS) is 21.8. The van der Waals surface area contributed by atoms with E-state index in [-0.39, 0.29) is 34.9 Å². The van der Waals surface area contributed by atoms with Crippen molar-refractivity contribution in [1.82, 2.24) is 4.90 Å². The fourth-order valence-corrected chi connectivity index (χ4v) is 5.36. The van der Waals surface area contributed by atoms with Gasteiger partial charge in [0.2, 0.25) is 5.91 Å². The van der Waals surface area contributed by atoms with Gasteiger partial charge in [0.1, 0.15) is 5.75 Å². The Labute approximate surface area is 163 Å². The van der Waals surface area contributed by atoms with Gasteiger partial charge >= 0.3 is 0 Å². The molecule has 1 unspecified atom stereocenters. The van der Waals surface area contributed by atoms with E-state index in [9.17, 15) is 13.2 Å². The monoisotopic (exact) mass is 393 g/mol. The molecule has 1 aliphatic carbocycles. The Morgan fingerprint density at radius 3 is 2.30 bits per heavy atom. The van der Waals surface area contributed by atoms with Crippen molar-refractivity contribution in [3.63, 3.8) is 0 Å². The van der Waals surface area contributed by atoms with Gasteiger partial charge in [0.05, 0.1) is 18.1 Å². The molecule has 6 heteroatoms. The van der Waals surface area contributed by atoms with E-state index in [1.807, 2.05) is 17.0 Å².